The number of morpholine rings is 1. The Bertz CT molecular complexity index is 340. The van der Waals surface area contributed by atoms with Gasteiger partial charge in [-0.3, -0.25) is 0 Å². The van der Waals surface area contributed by atoms with E-state index >= 15 is 0 Å². The highest BCUT2D eigenvalue weighted by Gasteiger charge is 2.39. The average Bonchev–Trinajstić information content (AvgIpc) is 2.80. The summed E-state index contributed by atoms with van der Waals surface area (Å²) in [4.78, 5) is 6.75. The normalized spacial score (nSPS) is 29.9. The van der Waals surface area contributed by atoms with E-state index in [1.807, 2.05) is 12.3 Å². The fraction of sp³-hybridized carbons (Fsp3) is 0.500. The Morgan fingerprint density at radius 3 is 3.00 bits per heavy atom. The summed E-state index contributed by atoms with van der Waals surface area (Å²) in [5.41, 5.74) is 0. The monoisotopic (exact) mass is 254 g/mol. The van der Waals surface area contributed by atoms with Gasteiger partial charge in [0.2, 0.25) is 0 Å². The number of aromatic nitrogens is 1. The topological polar surface area (TPSA) is 25.4 Å². The average molecular weight is 255 g/mol. The van der Waals surface area contributed by atoms with Crippen LogP contribution in [0.3, 0.4) is 0 Å². The lowest BCUT2D eigenvalue weighted by molar-refractivity contribution is 0.0989. The Morgan fingerprint density at radius 2 is 2.43 bits per heavy atom. The van der Waals surface area contributed by atoms with E-state index < -0.39 is 0 Å². The van der Waals surface area contributed by atoms with E-state index in [0.29, 0.717) is 12.1 Å². The second kappa shape index (κ2) is 3.21. The quantitative estimate of drug-likeness (QED) is 0.765. The van der Waals surface area contributed by atoms with E-state index in [4.69, 9.17) is 4.74 Å². The van der Waals surface area contributed by atoms with Crippen molar-refractivity contribution in [1.29, 1.82) is 0 Å². The third-order valence-corrected chi connectivity index (χ3v) is 3.38. The minimum atomic E-state index is 0.436. The predicted octanol–water partition coefficient (Wildman–Crippen LogP) is 1.82. The molecule has 0 amide bonds. The Morgan fingerprint density at radius 1 is 1.50 bits per heavy atom. The van der Waals surface area contributed by atoms with E-state index in [2.05, 4.69) is 31.9 Å². The van der Waals surface area contributed by atoms with Crippen LogP contribution in [0.25, 0.3) is 0 Å². The highest BCUT2D eigenvalue weighted by Crippen LogP contribution is 2.31. The molecule has 2 aliphatic rings. The van der Waals surface area contributed by atoms with Gasteiger partial charge in [-0.15, -0.1) is 0 Å². The zero-order chi connectivity index (χ0) is 9.54. The van der Waals surface area contributed by atoms with Crippen LogP contribution in [0.2, 0.25) is 0 Å². The number of nitrogens with zero attached hydrogens (tertiary/aromatic N) is 2. The van der Waals surface area contributed by atoms with Crippen molar-refractivity contribution in [3.8, 4) is 0 Å². The van der Waals surface area contributed by atoms with Crippen LogP contribution < -0.4 is 4.90 Å². The van der Waals surface area contributed by atoms with Crippen LogP contribution in [0.5, 0.6) is 0 Å². The van der Waals surface area contributed by atoms with Gasteiger partial charge in [0.15, 0.2) is 0 Å². The molecule has 2 fully saturated rings. The Kier molecular flexibility index (Phi) is 1.99. The fourth-order valence-electron chi connectivity index (χ4n) is 2.22. The van der Waals surface area contributed by atoms with Gasteiger partial charge in [0.05, 0.1) is 18.8 Å². The summed E-state index contributed by atoms with van der Waals surface area (Å²) in [5.74, 6) is 1.07. The molecule has 2 atom stereocenters. The van der Waals surface area contributed by atoms with Crippen LogP contribution in [0.4, 0.5) is 5.82 Å². The van der Waals surface area contributed by atoms with Gasteiger partial charge in [0, 0.05) is 17.2 Å². The molecule has 0 saturated carbocycles. The molecule has 0 radical (unpaired) electrons. The molecule has 2 saturated heterocycles. The maximum absolute atomic E-state index is 5.55. The van der Waals surface area contributed by atoms with Crippen LogP contribution in [-0.4, -0.2) is 30.3 Å². The maximum atomic E-state index is 5.55. The first-order valence-electron chi connectivity index (χ1n) is 4.83. The Labute approximate surface area is 91.2 Å². The van der Waals surface area contributed by atoms with Crippen LogP contribution in [0.1, 0.15) is 6.42 Å². The highest BCUT2D eigenvalue weighted by molar-refractivity contribution is 9.10. The van der Waals surface area contributed by atoms with Crippen molar-refractivity contribution in [2.24, 2.45) is 0 Å². The first-order valence-corrected chi connectivity index (χ1v) is 5.62. The molecule has 0 N–H and O–H groups in total. The van der Waals surface area contributed by atoms with Gasteiger partial charge in [0.1, 0.15) is 5.82 Å². The summed E-state index contributed by atoms with van der Waals surface area (Å²) in [6.07, 6.45) is 3.45. The van der Waals surface area contributed by atoms with E-state index in [0.717, 1.165) is 29.9 Å². The molecule has 3 nitrogen and oxygen atoms in total. The summed E-state index contributed by atoms with van der Waals surface area (Å²) in [5, 5.41) is 0. The van der Waals surface area contributed by atoms with Gasteiger partial charge < -0.3 is 9.64 Å². The molecule has 14 heavy (non-hydrogen) atoms. The molecular formula is C10H11BrN2O. The van der Waals surface area contributed by atoms with Crippen LogP contribution in [0, 0.1) is 0 Å². The van der Waals surface area contributed by atoms with Crippen molar-refractivity contribution < 1.29 is 4.74 Å². The molecule has 0 spiro atoms. The largest absolute Gasteiger partial charge is 0.374 e. The molecule has 0 aromatic carbocycles. The molecular weight excluding hydrogens is 244 g/mol. The van der Waals surface area contributed by atoms with Gasteiger partial charge in [-0.2, -0.15) is 0 Å². The number of hydrogen-bond donors (Lipinski definition) is 0. The van der Waals surface area contributed by atoms with Gasteiger partial charge in [-0.1, -0.05) is 0 Å². The zero-order valence-corrected chi connectivity index (χ0v) is 9.27. The van der Waals surface area contributed by atoms with Crippen molar-refractivity contribution in [3.63, 3.8) is 0 Å². The molecule has 0 unspecified atom stereocenters. The maximum Gasteiger partial charge on any atom is 0.128 e. The van der Waals surface area contributed by atoms with Gasteiger partial charge in [-0.05, 0) is 34.5 Å². The van der Waals surface area contributed by atoms with E-state index in [1.54, 1.807) is 0 Å². The molecule has 3 rings (SSSR count). The Balaban J connectivity index is 1.86. The lowest BCUT2D eigenvalue weighted by Gasteiger charge is -2.27. The SMILES string of the molecule is Brc1ccc(N2C[C@H]3C[C@@H]2CO3)nc1. The van der Waals surface area contributed by atoms with Gasteiger partial charge in [0.25, 0.3) is 0 Å². The third-order valence-electron chi connectivity index (χ3n) is 2.91. The van der Waals surface area contributed by atoms with E-state index in [-0.39, 0.29) is 0 Å². The molecule has 1 aromatic rings. The Hall–Kier alpha value is -0.610. The van der Waals surface area contributed by atoms with Crippen molar-refractivity contribution in [2.45, 2.75) is 18.6 Å². The number of rotatable bonds is 1. The third kappa shape index (κ3) is 1.33. The summed E-state index contributed by atoms with van der Waals surface area (Å²) in [6.45, 7) is 1.86. The number of pyridine rings is 1. The highest BCUT2D eigenvalue weighted by atomic mass is 79.9. The summed E-state index contributed by atoms with van der Waals surface area (Å²) < 4.78 is 6.58. The van der Waals surface area contributed by atoms with Gasteiger partial charge in [-0.25, -0.2) is 4.98 Å². The van der Waals surface area contributed by atoms with Crippen molar-refractivity contribution in [2.75, 3.05) is 18.1 Å². The minimum absolute atomic E-state index is 0.436. The second-order valence-electron chi connectivity index (χ2n) is 3.83. The van der Waals surface area contributed by atoms with Crippen LogP contribution >= 0.6 is 15.9 Å². The lowest BCUT2D eigenvalue weighted by Crippen LogP contribution is -2.37. The van der Waals surface area contributed by atoms with Gasteiger partial charge >= 0.3 is 0 Å². The fourth-order valence-corrected chi connectivity index (χ4v) is 2.45. The molecule has 2 aliphatic heterocycles. The molecule has 74 valence electrons. The molecule has 2 bridgehead atoms. The van der Waals surface area contributed by atoms with Crippen molar-refractivity contribution in [1.82, 2.24) is 4.98 Å². The first kappa shape index (κ1) is 8.68. The number of ether oxygens (including phenoxy) is 1. The molecule has 0 aliphatic carbocycles. The van der Waals surface area contributed by atoms with Crippen molar-refractivity contribution in [3.05, 3.63) is 22.8 Å². The summed E-state index contributed by atoms with van der Waals surface area (Å²) in [6, 6.07) is 4.65. The zero-order valence-electron chi connectivity index (χ0n) is 7.69. The number of halogens is 1. The first-order chi connectivity index (χ1) is 6.83. The predicted molar refractivity (Wildman–Crippen MR) is 57.4 cm³/mol. The summed E-state index contributed by atoms with van der Waals surface area (Å²) in [7, 11) is 0. The smallest absolute Gasteiger partial charge is 0.128 e. The molecule has 3 heterocycles. The number of hydrogen-bond acceptors (Lipinski definition) is 3. The number of fused-ring (bicyclic) bond motifs is 2. The van der Waals surface area contributed by atoms with Crippen LogP contribution in [-0.2, 0) is 4.74 Å². The second-order valence-corrected chi connectivity index (χ2v) is 4.75. The minimum Gasteiger partial charge on any atom is -0.374 e. The number of anilines is 1. The summed E-state index contributed by atoms with van der Waals surface area (Å²) >= 11 is 3.39. The molecule has 1 aromatic heterocycles. The standard InChI is InChI=1S/C10H11BrN2O/c11-7-1-2-10(12-4-7)13-5-9-3-8(13)6-14-9/h1-2,4,8-9H,3,5-6H2/t8-,9-/m1/s1. The van der Waals surface area contributed by atoms with E-state index in [9.17, 15) is 0 Å². The van der Waals surface area contributed by atoms with Crippen LogP contribution in [0.15, 0.2) is 22.8 Å². The van der Waals surface area contributed by atoms with Crippen molar-refractivity contribution >= 4 is 21.7 Å². The van der Waals surface area contributed by atoms with E-state index in [1.165, 1.54) is 0 Å². The lowest BCUT2D eigenvalue weighted by atomic mass is 10.2. The molecule has 4 heteroatoms.